The summed E-state index contributed by atoms with van der Waals surface area (Å²) in [6, 6.07) is 14.1. The lowest BCUT2D eigenvalue weighted by atomic mass is 9.73. The lowest BCUT2D eigenvalue weighted by molar-refractivity contribution is -0.122. The molecule has 5 heteroatoms. The quantitative estimate of drug-likeness (QED) is 0.737. The van der Waals surface area contributed by atoms with Crippen molar-refractivity contribution in [3.05, 3.63) is 70.4 Å². The van der Waals surface area contributed by atoms with Crippen molar-refractivity contribution >= 4 is 11.7 Å². The molecule has 0 unspecified atom stereocenters. The van der Waals surface area contributed by atoms with Gasteiger partial charge in [-0.2, -0.15) is 0 Å². The van der Waals surface area contributed by atoms with Crippen molar-refractivity contribution in [2.45, 2.75) is 57.3 Å². The molecule has 1 amide bonds. The number of hydrogen-bond acceptors (Lipinski definition) is 4. The van der Waals surface area contributed by atoms with Crippen LogP contribution in [0.5, 0.6) is 11.5 Å². The van der Waals surface area contributed by atoms with E-state index in [0.29, 0.717) is 29.9 Å². The van der Waals surface area contributed by atoms with Crippen LogP contribution >= 0.6 is 0 Å². The van der Waals surface area contributed by atoms with Crippen molar-refractivity contribution in [3.8, 4) is 11.5 Å². The van der Waals surface area contributed by atoms with Gasteiger partial charge in [-0.1, -0.05) is 45.0 Å². The smallest absolute Gasteiger partial charge is 0.225 e. The molecular weight excluding hydrogens is 402 g/mol. The highest BCUT2D eigenvalue weighted by atomic mass is 16.5. The zero-order valence-electron chi connectivity index (χ0n) is 19.5. The summed E-state index contributed by atoms with van der Waals surface area (Å²) in [7, 11) is 3.20. The molecule has 2 atom stereocenters. The van der Waals surface area contributed by atoms with E-state index in [1.54, 1.807) is 14.2 Å². The Labute approximate surface area is 189 Å². The molecule has 4 rings (SSSR count). The summed E-state index contributed by atoms with van der Waals surface area (Å²) in [5, 5.41) is 3.00. The number of allylic oxidation sites excluding steroid dienone is 2. The first-order valence-corrected chi connectivity index (χ1v) is 11.1. The van der Waals surface area contributed by atoms with E-state index in [1.165, 1.54) is 5.56 Å². The van der Waals surface area contributed by atoms with Crippen molar-refractivity contribution < 1.29 is 19.1 Å². The van der Waals surface area contributed by atoms with Crippen molar-refractivity contribution in [2.24, 2.45) is 0 Å². The molecule has 2 aliphatic rings. The molecule has 1 aliphatic carbocycles. The van der Waals surface area contributed by atoms with Gasteiger partial charge in [0, 0.05) is 35.6 Å². The Bertz CT molecular complexity index is 1080. The standard InChI is InChI=1S/C27H31NO4/c1-27(2,3)18-8-6-16(7-9-18)17-12-22-26(23(29)13-17)21(15-25(30)28-22)20-14-19(31-4)10-11-24(20)32-5/h6-11,14,17,21H,12-13,15H2,1-5H3,(H,28,30)/t17-,21+/m0/s1. The maximum atomic E-state index is 13.4. The van der Waals surface area contributed by atoms with E-state index in [2.05, 4.69) is 50.4 Å². The Morgan fingerprint density at radius 1 is 0.906 bits per heavy atom. The van der Waals surface area contributed by atoms with Crippen LogP contribution in [0.25, 0.3) is 0 Å². The average molecular weight is 434 g/mol. The van der Waals surface area contributed by atoms with Crippen LogP contribution in [0.4, 0.5) is 0 Å². The zero-order chi connectivity index (χ0) is 23.0. The van der Waals surface area contributed by atoms with Gasteiger partial charge in [0.05, 0.1) is 14.2 Å². The molecule has 0 spiro atoms. The molecule has 0 fully saturated rings. The minimum Gasteiger partial charge on any atom is -0.497 e. The van der Waals surface area contributed by atoms with Crippen molar-refractivity contribution in [2.75, 3.05) is 14.2 Å². The molecule has 5 nitrogen and oxygen atoms in total. The summed E-state index contributed by atoms with van der Waals surface area (Å²) in [6.45, 7) is 6.56. The summed E-state index contributed by atoms with van der Waals surface area (Å²) < 4.78 is 10.9. The van der Waals surface area contributed by atoms with E-state index in [4.69, 9.17) is 9.47 Å². The van der Waals surface area contributed by atoms with Crippen molar-refractivity contribution in [1.29, 1.82) is 0 Å². The summed E-state index contributed by atoms with van der Waals surface area (Å²) in [4.78, 5) is 26.0. The van der Waals surface area contributed by atoms with Gasteiger partial charge in [0.15, 0.2) is 5.78 Å². The van der Waals surface area contributed by atoms with E-state index in [-0.39, 0.29) is 35.4 Å². The molecular formula is C27H31NO4. The summed E-state index contributed by atoms with van der Waals surface area (Å²) in [5.74, 6) is 1.07. The van der Waals surface area contributed by atoms with E-state index < -0.39 is 0 Å². The van der Waals surface area contributed by atoms with Crippen LogP contribution in [-0.2, 0) is 15.0 Å². The molecule has 168 valence electrons. The summed E-state index contributed by atoms with van der Waals surface area (Å²) in [6.07, 6.45) is 1.30. The Morgan fingerprint density at radius 3 is 2.25 bits per heavy atom. The van der Waals surface area contributed by atoms with Crippen LogP contribution in [0.2, 0.25) is 0 Å². The second-order valence-electron chi connectivity index (χ2n) is 9.71. The van der Waals surface area contributed by atoms with Gasteiger partial charge in [-0.15, -0.1) is 0 Å². The largest absolute Gasteiger partial charge is 0.497 e. The summed E-state index contributed by atoms with van der Waals surface area (Å²) >= 11 is 0. The molecule has 0 bridgehead atoms. The highest BCUT2D eigenvalue weighted by Gasteiger charge is 2.39. The van der Waals surface area contributed by atoms with Crippen LogP contribution in [-0.4, -0.2) is 25.9 Å². The number of Topliss-reactive ketones (excluding diaryl/α,β-unsaturated/α-hetero) is 1. The minimum absolute atomic E-state index is 0.0570. The van der Waals surface area contributed by atoms with Gasteiger partial charge in [-0.3, -0.25) is 9.59 Å². The third kappa shape index (κ3) is 4.16. The molecule has 0 saturated carbocycles. The van der Waals surface area contributed by atoms with Gasteiger partial charge in [-0.05, 0) is 47.1 Å². The fraction of sp³-hybridized carbons (Fsp3) is 0.407. The third-order valence-electron chi connectivity index (χ3n) is 6.60. The number of nitrogens with one attached hydrogen (secondary N) is 1. The van der Waals surface area contributed by atoms with Gasteiger partial charge in [0.25, 0.3) is 0 Å². The minimum atomic E-state index is -0.333. The van der Waals surface area contributed by atoms with E-state index in [1.807, 2.05) is 18.2 Å². The van der Waals surface area contributed by atoms with Crippen molar-refractivity contribution in [1.82, 2.24) is 5.32 Å². The van der Waals surface area contributed by atoms with E-state index in [0.717, 1.165) is 16.8 Å². The number of methoxy groups -OCH3 is 2. The van der Waals surface area contributed by atoms with Crippen LogP contribution < -0.4 is 14.8 Å². The highest BCUT2D eigenvalue weighted by Crippen LogP contribution is 2.45. The second kappa shape index (κ2) is 8.45. The fourth-order valence-corrected chi connectivity index (χ4v) is 4.83. The molecule has 0 saturated heterocycles. The number of ether oxygens (including phenoxy) is 2. The molecule has 1 aliphatic heterocycles. The predicted octanol–water partition coefficient (Wildman–Crippen LogP) is 5.01. The first-order valence-electron chi connectivity index (χ1n) is 11.1. The average Bonchev–Trinajstić information content (AvgIpc) is 2.77. The Hall–Kier alpha value is -3.08. The highest BCUT2D eigenvalue weighted by molar-refractivity contribution is 6.02. The normalized spacial score (nSPS) is 21.2. The zero-order valence-corrected chi connectivity index (χ0v) is 19.5. The first kappa shape index (κ1) is 22.1. The number of amides is 1. The van der Waals surface area contributed by atoms with Crippen molar-refractivity contribution in [3.63, 3.8) is 0 Å². The molecule has 32 heavy (non-hydrogen) atoms. The molecule has 2 aromatic carbocycles. The van der Waals surface area contributed by atoms with Crippen LogP contribution in [0, 0.1) is 0 Å². The predicted molar refractivity (Wildman–Crippen MR) is 124 cm³/mol. The number of benzene rings is 2. The molecule has 1 N–H and O–H groups in total. The number of carbonyl (C=O) groups excluding carboxylic acids is 2. The van der Waals surface area contributed by atoms with Crippen LogP contribution in [0.15, 0.2) is 53.7 Å². The van der Waals surface area contributed by atoms with Gasteiger partial charge in [0.2, 0.25) is 5.91 Å². The topological polar surface area (TPSA) is 64.6 Å². The lowest BCUT2D eigenvalue weighted by Gasteiger charge is -2.35. The molecule has 0 radical (unpaired) electrons. The van der Waals surface area contributed by atoms with E-state index >= 15 is 0 Å². The van der Waals surface area contributed by atoms with Gasteiger partial charge >= 0.3 is 0 Å². The number of carbonyl (C=O) groups is 2. The fourth-order valence-electron chi connectivity index (χ4n) is 4.83. The van der Waals surface area contributed by atoms with Crippen LogP contribution in [0.1, 0.15) is 68.6 Å². The molecule has 0 aromatic heterocycles. The second-order valence-corrected chi connectivity index (χ2v) is 9.71. The Morgan fingerprint density at radius 2 is 1.62 bits per heavy atom. The SMILES string of the molecule is COc1ccc(OC)c([C@H]2CC(=O)NC3=C2C(=O)C[C@@H](c2ccc(C(C)(C)C)cc2)C3)c1. The van der Waals surface area contributed by atoms with Gasteiger partial charge in [0.1, 0.15) is 11.5 Å². The number of rotatable bonds is 4. The monoisotopic (exact) mass is 433 g/mol. The van der Waals surface area contributed by atoms with Gasteiger partial charge < -0.3 is 14.8 Å². The van der Waals surface area contributed by atoms with E-state index in [9.17, 15) is 9.59 Å². The molecule has 2 aromatic rings. The van der Waals surface area contributed by atoms with Crippen LogP contribution in [0.3, 0.4) is 0 Å². The Balaban J connectivity index is 1.70. The maximum absolute atomic E-state index is 13.4. The number of hydrogen-bond donors (Lipinski definition) is 1. The molecule has 1 heterocycles. The number of ketones is 1. The first-order chi connectivity index (χ1) is 15.2. The third-order valence-corrected chi connectivity index (χ3v) is 6.60. The lowest BCUT2D eigenvalue weighted by Crippen LogP contribution is -2.38. The Kier molecular flexibility index (Phi) is 5.85. The summed E-state index contributed by atoms with van der Waals surface area (Å²) in [5.41, 5.74) is 4.75. The van der Waals surface area contributed by atoms with Gasteiger partial charge in [-0.25, -0.2) is 0 Å². The maximum Gasteiger partial charge on any atom is 0.225 e.